The molecule has 2 rings (SSSR count). The van der Waals surface area contributed by atoms with Crippen LogP contribution in [0.2, 0.25) is 0 Å². The maximum atomic E-state index is 6.16. The van der Waals surface area contributed by atoms with Crippen LogP contribution in [0.5, 0.6) is 0 Å². The van der Waals surface area contributed by atoms with Crippen LogP contribution in [0, 0.1) is 0 Å². The molecule has 1 aliphatic rings. The van der Waals surface area contributed by atoms with Crippen molar-refractivity contribution in [1.29, 1.82) is 0 Å². The van der Waals surface area contributed by atoms with Crippen LogP contribution in [0.15, 0.2) is 21.2 Å². The molecule has 0 aliphatic carbocycles. The SMILES string of the molecule is CC1(CI)CCC(C)(c2ccc(Br)o2)O1. The van der Waals surface area contributed by atoms with Crippen LogP contribution >= 0.6 is 38.5 Å². The molecule has 1 fully saturated rings. The lowest BCUT2D eigenvalue weighted by Gasteiger charge is -2.27. The minimum atomic E-state index is -0.258. The summed E-state index contributed by atoms with van der Waals surface area (Å²) < 4.78 is 13.5. The molecule has 0 aromatic carbocycles. The first-order valence-electron chi connectivity index (χ1n) is 4.99. The van der Waals surface area contributed by atoms with Crippen molar-refractivity contribution in [3.05, 3.63) is 22.6 Å². The van der Waals surface area contributed by atoms with Crippen LogP contribution in [-0.2, 0) is 10.3 Å². The molecular weight excluding hydrogens is 371 g/mol. The summed E-state index contributed by atoms with van der Waals surface area (Å²) in [6.45, 7) is 4.28. The molecule has 2 atom stereocenters. The van der Waals surface area contributed by atoms with Crippen molar-refractivity contribution < 1.29 is 9.15 Å². The number of hydrogen-bond donors (Lipinski definition) is 0. The molecule has 0 saturated carbocycles. The van der Waals surface area contributed by atoms with Gasteiger partial charge in [-0.2, -0.15) is 0 Å². The molecule has 1 aliphatic heterocycles. The summed E-state index contributed by atoms with van der Waals surface area (Å²) in [5.41, 5.74) is -0.263. The van der Waals surface area contributed by atoms with E-state index in [0.29, 0.717) is 0 Å². The minimum Gasteiger partial charge on any atom is -0.451 e. The quantitative estimate of drug-likeness (QED) is 0.561. The molecule has 1 aromatic rings. The Morgan fingerprint density at radius 3 is 2.60 bits per heavy atom. The van der Waals surface area contributed by atoms with Gasteiger partial charge < -0.3 is 9.15 Å². The number of rotatable bonds is 2. The van der Waals surface area contributed by atoms with Crippen molar-refractivity contribution in [1.82, 2.24) is 0 Å². The normalized spacial score (nSPS) is 36.0. The van der Waals surface area contributed by atoms with Gasteiger partial charge in [0.2, 0.25) is 0 Å². The van der Waals surface area contributed by atoms with Crippen LogP contribution < -0.4 is 0 Å². The lowest BCUT2D eigenvalue weighted by molar-refractivity contribution is -0.0861. The van der Waals surface area contributed by atoms with Crippen molar-refractivity contribution in [3.8, 4) is 0 Å². The zero-order chi connectivity index (χ0) is 11.1. The highest BCUT2D eigenvalue weighted by Gasteiger charge is 2.45. The second-order valence-corrected chi connectivity index (χ2v) is 6.06. The highest BCUT2D eigenvalue weighted by Crippen LogP contribution is 2.45. The first kappa shape index (κ1) is 11.9. The fourth-order valence-electron chi connectivity index (χ4n) is 2.01. The zero-order valence-corrected chi connectivity index (χ0v) is 12.6. The molecule has 2 unspecified atom stereocenters. The molecule has 1 aromatic heterocycles. The van der Waals surface area contributed by atoms with Crippen LogP contribution in [0.4, 0.5) is 0 Å². The van der Waals surface area contributed by atoms with Gasteiger partial charge in [0, 0.05) is 4.43 Å². The fourth-order valence-corrected chi connectivity index (χ4v) is 2.86. The van der Waals surface area contributed by atoms with E-state index in [2.05, 4.69) is 52.4 Å². The molecular formula is C11H14BrIO2. The molecule has 15 heavy (non-hydrogen) atoms. The van der Waals surface area contributed by atoms with Crippen molar-refractivity contribution in [3.63, 3.8) is 0 Å². The first-order chi connectivity index (χ1) is 6.97. The number of alkyl halides is 1. The van der Waals surface area contributed by atoms with Crippen molar-refractivity contribution in [2.75, 3.05) is 4.43 Å². The summed E-state index contributed by atoms with van der Waals surface area (Å²) in [5, 5.41) is 0. The highest BCUT2D eigenvalue weighted by atomic mass is 127. The lowest BCUT2D eigenvalue weighted by Crippen LogP contribution is -2.30. The van der Waals surface area contributed by atoms with Crippen molar-refractivity contribution >= 4 is 38.5 Å². The van der Waals surface area contributed by atoms with E-state index in [0.717, 1.165) is 27.7 Å². The van der Waals surface area contributed by atoms with Crippen LogP contribution in [0.3, 0.4) is 0 Å². The minimum absolute atomic E-state index is 0.00538. The standard InChI is InChI=1S/C11H14BrIO2/c1-10(7-13)5-6-11(2,15-10)8-3-4-9(12)14-8/h3-4H,5-7H2,1-2H3. The topological polar surface area (TPSA) is 22.4 Å². The third-order valence-electron chi connectivity index (χ3n) is 2.98. The smallest absolute Gasteiger partial charge is 0.169 e. The van der Waals surface area contributed by atoms with E-state index in [9.17, 15) is 0 Å². The maximum Gasteiger partial charge on any atom is 0.169 e. The van der Waals surface area contributed by atoms with Crippen LogP contribution in [-0.4, -0.2) is 10.0 Å². The summed E-state index contributed by atoms with van der Waals surface area (Å²) >= 11 is 5.71. The zero-order valence-electron chi connectivity index (χ0n) is 8.85. The van der Waals surface area contributed by atoms with Gasteiger partial charge in [0.1, 0.15) is 11.4 Å². The monoisotopic (exact) mass is 384 g/mol. The second-order valence-electron chi connectivity index (χ2n) is 4.52. The molecule has 2 heterocycles. The lowest BCUT2D eigenvalue weighted by atomic mass is 9.97. The van der Waals surface area contributed by atoms with Gasteiger partial charge in [0.25, 0.3) is 0 Å². The maximum absolute atomic E-state index is 6.16. The average molecular weight is 385 g/mol. The Morgan fingerprint density at radius 1 is 1.40 bits per heavy atom. The Kier molecular flexibility index (Phi) is 3.21. The van der Waals surface area contributed by atoms with Gasteiger partial charge in [-0.3, -0.25) is 0 Å². The largest absolute Gasteiger partial charge is 0.451 e. The van der Waals surface area contributed by atoms with Gasteiger partial charge in [-0.25, -0.2) is 0 Å². The van der Waals surface area contributed by atoms with Crippen molar-refractivity contribution in [2.24, 2.45) is 0 Å². The van der Waals surface area contributed by atoms with Gasteiger partial charge in [0.05, 0.1) is 5.60 Å². The van der Waals surface area contributed by atoms with Gasteiger partial charge in [-0.15, -0.1) is 0 Å². The number of furan rings is 1. The molecule has 0 amide bonds. The summed E-state index contributed by atoms with van der Waals surface area (Å²) in [7, 11) is 0. The Hall–Kier alpha value is 0.450. The number of halogens is 2. The van der Waals surface area contributed by atoms with E-state index < -0.39 is 0 Å². The third kappa shape index (κ3) is 2.26. The van der Waals surface area contributed by atoms with Gasteiger partial charge in [-0.05, 0) is 54.8 Å². The molecule has 84 valence electrons. The number of hydrogen-bond acceptors (Lipinski definition) is 2. The van der Waals surface area contributed by atoms with E-state index in [4.69, 9.17) is 9.15 Å². The predicted octanol–water partition coefficient (Wildman–Crippen LogP) is 4.26. The summed E-state index contributed by atoms with van der Waals surface area (Å²) in [4.78, 5) is 0. The van der Waals surface area contributed by atoms with Crippen LogP contribution in [0.25, 0.3) is 0 Å². The molecule has 0 N–H and O–H groups in total. The van der Waals surface area contributed by atoms with Gasteiger partial charge >= 0.3 is 0 Å². The van der Waals surface area contributed by atoms with Gasteiger partial charge in [-0.1, -0.05) is 22.6 Å². The third-order valence-corrected chi connectivity index (χ3v) is 5.02. The molecule has 1 saturated heterocycles. The average Bonchev–Trinajstić information content (AvgIpc) is 2.74. The Balaban J connectivity index is 2.23. The summed E-state index contributed by atoms with van der Waals surface area (Å²) in [6.07, 6.45) is 2.11. The van der Waals surface area contributed by atoms with Gasteiger partial charge in [0.15, 0.2) is 4.67 Å². The van der Waals surface area contributed by atoms with E-state index in [-0.39, 0.29) is 11.2 Å². The molecule has 4 heteroatoms. The molecule has 0 radical (unpaired) electrons. The Labute approximate surface area is 112 Å². The first-order valence-corrected chi connectivity index (χ1v) is 7.31. The van der Waals surface area contributed by atoms with E-state index >= 15 is 0 Å². The molecule has 0 bridgehead atoms. The van der Waals surface area contributed by atoms with E-state index in [1.165, 1.54) is 0 Å². The number of ether oxygens (including phenoxy) is 1. The summed E-state index contributed by atoms with van der Waals surface area (Å²) in [5.74, 6) is 0.919. The summed E-state index contributed by atoms with van der Waals surface area (Å²) in [6, 6.07) is 3.91. The molecule has 0 spiro atoms. The van der Waals surface area contributed by atoms with Crippen molar-refractivity contribution in [2.45, 2.75) is 37.9 Å². The van der Waals surface area contributed by atoms with E-state index in [1.54, 1.807) is 0 Å². The Morgan fingerprint density at radius 2 is 2.13 bits per heavy atom. The van der Waals surface area contributed by atoms with E-state index in [1.807, 2.05) is 12.1 Å². The predicted molar refractivity (Wildman–Crippen MR) is 71.4 cm³/mol. The fraction of sp³-hybridized carbons (Fsp3) is 0.636. The molecule has 2 nitrogen and oxygen atoms in total. The highest BCUT2D eigenvalue weighted by molar-refractivity contribution is 14.1. The van der Waals surface area contributed by atoms with Crippen LogP contribution in [0.1, 0.15) is 32.4 Å². The Bertz CT molecular complexity index is 365. The second kappa shape index (κ2) is 4.04.